The Morgan fingerprint density at radius 2 is 1.71 bits per heavy atom. The molecule has 2 aromatic rings. The van der Waals surface area contributed by atoms with Crippen molar-refractivity contribution in [3.63, 3.8) is 0 Å². The summed E-state index contributed by atoms with van der Waals surface area (Å²) in [5, 5.41) is 13.9. The predicted octanol–water partition coefficient (Wildman–Crippen LogP) is 3.67. The van der Waals surface area contributed by atoms with Gasteiger partial charge in [-0.15, -0.1) is 0 Å². The minimum atomic E-state index is -2.50. The van der Waals surface area contributed by atoms with Crippen LogP contribution in [0.4, 0.5) is 8.78 Å². The molecule has 3 aliphatic heterocycles. The SMILES string of the molecule is O=C(CC[C@@H](O)[C@@H]1Cc2ccc(C(F)F)cc2CN1)c1ccc(C(=O)N2C3CCC2COC3)cc1. The Morgan fingerprint density at radius 3 is 2.40 bits per heavy atom. The van der Waals surface area contributed by atoms with E-state index in [9.17, 15) is 23.5 Å². The Labute approximate surface area is 203 Å². The first kappa shape index (κ1) is 24.0. The molecule has 0 spiro atoms. The van der Waals surface area contributed by atoms with Crippen LogP contribution in [0, 0.1) is 0 Å². The second-order valence-corrected chi connectivity index (χ2v) is 9.76. The van der Waals surface area contributed by atoms with Gasteiger partial charge in [0, 0.05) is 35.7 Å². The summed E-state index contributed by atoms with van der Waals surface area (Å²) in [6, 6.07) is 11.4. The number of fused-ring (bicyclic) bond motifs is 3. The molecule has 2 bridgehead atoms. The van der Waals surface area contributed by atoms with Gasteiger partial charge in [-0.25, -0.2) is 8.78 Å². The zero-order chi connectivity index (χ0) is 24.5. The summed E-state index contributed by atoms with van der Waals surface area (Å²) >= 11 is 0. The molecular weight excluding hydrogens is 454 g/mol. The molecule has 2 aromatic carbocycles. The van der Waals surface area contributed by atoms with E-state index < -0.39 is 12.5 Å². The van der Waals surface area contributed by atoms with E-state index in [1.165, 1.54) is 12.1 Å². The van der Waals surface area contributed by atoms with Crippen molar-refractivity contribution in [2.75, 3.05) is 13.2 Å². The van der Waals surface area contributed by atoms with Gasteiger partial charge in [-0.1, -0.05) is 24.3 Å². The van der Waals surface area contributed by atoms with Gasteiger partial charge in [0.25, 0.3) is 12.3 Å². The highest BCUT2D eigenvalue weighted by Gasteiger charge is 2.40. The van der Waals surface area contributed by atoms with Crippen molar-refractivity contribution in [3.05, 3.63) is 70.3 Å². The molecule has 2 saturated heterocycles. The number of nitrogens with one attached hydrogen (secondary N) is 1. The summed E-state index contributed by atoms with van der Waals surface area (Å²) in [7, 11) is 0. The van der Waals surface area contributed by atoms with E-state index in [1.807, 2.05) is 4.90 Å². The third kappa shape index (κ3) is 5.01. The van der Waals surface area contributed by atoms with Gasteiger partial charge in [-0.05, 0) is 55.0 Å². The Kier molecular flexibility index (Phi) is 6.95. The Morgan fingerprint density at radius 1 is 1.03 bits per heavy atom. The maximum absolute atomic E-state index is 13.0. The van der Waals surface area contributed by atoms with E-state index in [-0.39, 0.29) is 41.8 Å². The fourth-order valence-electron chi connectivity index (χ4n) is 5.50. The van der Waals surface area contributed by atoms with Crippen LogP contribution in [-0.2, 0) is 17.7 Å². The number of aliphatic hydroxyl groups excluding tert-OH is 1. The number of amides is 1. The molecule has 4 atom stereocenters. The van der Waals surface area contributed by atoms with Crippen LogP contribution >= 0.6 is 0 Å². The van der Waals surface area contributed by atoms with Crippen molar-refractivity contribution < 1.29 is 28.2 Å². The van der Waals surface area contributed by atoms with E-state index in [0.717, 1.165) is 24.0 Å². The van der Waals surface area contributed by atoms with Gasteiger partial charge < -0.3 is 20.1 Å². The number of carbonyl (C=O) groups excluding carboxylic acids is 2. The summed E-state index contributed by atoms with van der Waals surface area (Å²) in [5.41, 5.74) is 2.85. The lowest BCUT2D eigenvalue weighted by molar-refractivity contribution is -0.00716. The monoisotopic (exact) mass is 484 g/mol. The molecule has 0 aromatic heterocycles. The summed E-state index contributed by atoms with van der Waals surface area (Å²) in [4.78, 5) is 27.6. The molecule has 3 heterocycles. The van der Waals surface area contributed by atoms with Crippen molar-refractivity contribution in [3.8, 4) is 0 Å². The number of ketones is 1. The highest BCUT2D eigenvalue weighted by Crippen LogP contribution is 2.30. The molecule has 3 aliphatic rings. The summed E-state index contributed by atoms with van der Waals surface area (Å²) in [6.45, 7) is 1.57. The van der Waals surface area contributed by atoms with Crippen molar-refractivity contribution in [1.82, 2.24) is 10.2 Å². The molecule has 186 valence electrons. The number of morpholine rings is 1. The van der Waals surface area contributed by atoms with E-state index in [1.54, 1.807) is 30.3 Å². The molecule has 2 N–H and O–H groups in total. The van der Waals surface area contributed by atoms with Crippen molar-refractivity contribution >= 4 is 11.7 Å². The van der Waals surface area contributed by atoms with E-state index in [2.05, 4.69) is 5.32 Å². The number of rotatable bonds is 7. The van der Waals surface area contributed by atoms with Crippen LogP contribution < -0.4 is 5.32 Å². The molecule has 2 fully saturated rings. The molecule has 8 heteroatoms. The summed E-state index contributed by atoms with van der Waals surface area (Å²) in [6.07, 6.45) is -0.318. The molecule has 6 nitrogen and oxygen atoms in total. The van der Waals surface area contributed by atoms with Gasteiger partial charge in [0.15, 0.2) is 5.78 Å². The topological polar surface area (TPSA) is 78.9 Å². The smallest absolute Gasteiger partial charge is 0.263 e. The van der Waals surface area contributed by atoms with Gasteiger partial charge in [0.05, 0.1) is 31.4 Å². The number of ether oxygens (including phenoxy) is 1. The van der Waals surface area contributed by atoms with Crippen LogP contribution in [0.1, 0.15) is 69.5 Å². The average molecular weight is 485 g/mol. The van der Waals surface area contributed by atoms with Crippen LogP contribution in [0.3, 0.4) is 0 Å². The van der Waals surface area contributed by atoms with Crippen molar-refractivity contribution in [1.29, 1.82) is 0 Å². The second kappa shape index (κ2) is 10.1. The maximum Gasteiger partial charge on any atom is 0.263 e. The Hall–Kier alpha value is -2.68. The van der Waals surface area contributed by atoms with Gasteiger partial charge in [-0.3, -0.25) is 9.59 Å². The molecule has 1 amide bonds. The third-order valence-electron chi connectivity index (χ3n) is 7.54. The number of carbonyl (C=O) groups is 2. The van der Waals surface area contributed by atoms with Gasteiger partial charge >= 0.3 is 0 Å². The minimum Gasteiger partial charge on any atom is -0.391 e. The molecule has 2 unspecified atom stereocenters. The standard InChI is InChI=1S/C27H30F2N2O4/c28-26(29)19-6-5-18-12-23(30-13-20(18)11-19)25(33)10-9-24(32)16-1-3-17(4-2-16)27(34)31-21-7-8-22(31)15-35-14-21/h1-6,11,21-23,25-26,30,33H,7-10,12-15H2/t21?,22?,23-,25+/m0/s1. The van der Waals surface area contributed by atoms with Crippen LogP contribution in [0.5, 0.6) is 0 Å². The van der Waals surface area contributed by atoms with Gasteiger partial charge in [-0.2, -0.15) is 0 Å². The zero-order valence-electron chi connectivity index (χ0n) is 19.5. The Bertz CT molecular complexity index is 1080. The number of benzene rings is 2. The fraction of sp³-hybridized carbons (Fsp3) is 0.481. The number of hydrogen-bond donors (Lipinski definition) is 2. The molecular formula is C27H30F2N2O4. The summed E-state index contributed by atoms with van der Waals surface area (Å²) < 4.78 is 31.4. The second-order valence-electron chi connectivity index (χ2n) is 9.76. The lowest BCUT2D eigenvalue weighted by Gasteiger charge is -2.34. The minimum absolute atomic E-state index is 0.000153. The first-order valence-electron chi connectivity index (χ1n) is 12.3. The number of halogens is 2. The lowest BCUT2D eigenvalue weighted by Crippen LogP contribution is -2.49. The Balaban J connectivity index is 1.14. The normalized spacial score (nSPS) is 24.3. The summed E-state index contributed by atoms with van der Waals surface area (Å²) in [5.74, 6) is -0.105. The number of hydrogen-bond acceptors (Lipinski definition) is 5. The molecule has 0 radical (unpaired) electrons. The van der Waals surface area contributed by atoms with E-state index in [0.29, 0.717) is 43.7 Å². The van der Waals surface area contributed by atoms with Crippen molar-refractivity contribution in [2.45, 2.75) is 69.3 Å². The molecule has 0 aliphatic carbocycles. The average Bonchev–Trinajstić information content (AvgIpc) is 3.13. The number of Topliss-reactive ketones (excluding diaryl/α,β-unsaturated/α-hetero) is 1. The third-order valence-corrected chi connectivity index (χ3v) is 7.54. The number of nitrogens with zero attached hydrogens (tertiary/aromatic N) is 1. The van der Waals surface area contributed by atoms with E-state index in [4.69, 9.17) is 4.74 Å². The van der Waals surface area contributed by atoms with Gasteiger partial charge in [0.1, 0.15) is 0 Å². The quantitative estimate of drug-likeness (QED) is 0.587. The highest BCUT2D eigenvalue weighted by molar-refractivity contribution is 5.99. The van der Waals surface area contributed by atoms with Crippen molar-refractivity contribution in [2.24, 2.45) is 0 Å². The lowest BCUT2D eigenvalue weighted by atomic mass is 9.89. The van der Waals surface area contributed by atoms with Gasteiger partial charge in [0.2, 0.25) is 0 Å². The molecule has 0 saturated carbocycles. The predicted molar refractivity (Wildman–Crippen MR) is 126 cm³/mol. The number of aliphatic hydroxyl groups is 1. The molecule has 5 rings (SSSR count). The maximum atomic E-state index is 13.0. The van der Waals surface area contributed by atoms with E-state index >= 15 is 0 Å². The van der Waals surface area contributed by atoms with Crippen LogP contribution in [0.15, 0.2) is 42.5 Å². The first-order valence-corrected chi connectivity index (χ1v) is 12.3. The highest BCUT2D eigenvalue weighted by atomic mass is 19.3. The fourth-order valence-corrected chi connectivity index (χ4v) is 5.50. The zero-order valence-corrected chi connectivity index (χ0v) is 19.5. The number of alkyl halides is 2. The van der Waals surface area contributed by atoms with Crippen LogP contribution in [0.25, 0.3) is 0 Å². The molecule has 35 heavy (non-hydrogen) atoms. The first-order chi connectivity index (χ1) is 16.9. The van der Waals surface area contributed by atoms with Crippen LogP contribution in [0.2, 0.25) is 0 Å². The largest absolute Gasteiger partial charge is 0.391 e. The van der Waals surface area contributed by atoms with Crippen LogP contribution in [-0.4, -0.2) is 59.1 Å².